The molecule has 19 heavy (non-hydrogen) atoms. The molecule has 1 heterocycles. The largest absolute Gasteiger partial charge is 0.377 e. The number of nitrogens with one attached hydrogen (secondary N) is 1. The Morgan fingerprint density at radius 2 is 2.32 bits per heavy atom. The lowest BCUT2D eigenvalue weighted by molar-refractivity contribution is -0.124. The van der Waals surface area contributed by atoms with Gasteiger partial charge in [0.1, 0.15) is 0 Å². The van der Waals surface area contributed by atoms with Gasteiger partial charge < -0.3 is 20.7 Å². The van der Waals surface area contributed by atoms with Crippen molar-refractivity contribution in [3.63, 3.8) is 0 Å². The molecule has 0 aromatic heterocycles. The zero-order valence-electron chi connectivity index (χ0n) is 12.7. The first-order valence-corrected chi connectivity index (χ1v) is 7.26. The number of carbonyl (C=O) groups is 1. The van der Waals surface area contributed by atoms with E-state index in [2.05, 4.69) is 24.2 Å². The molecule has 1 fully saturated rings. The molecule has 1 aliphatic rings. The van der Waals surface area contributed by atoms with Gasteiger partial charge in [-0.25, -0.2) is 0 Å². The van der Waals surface area contributed by atoms with Gasteiger partial charge in [-0.1, -0.05) is 6.92 Å². The maximum absolute atomic E-state index is 11.6. The molecule has 0 aromatic carbocycles. The summed E-state index contributed by atoms with van der Waals surface area (Å²) in [7, 11) is 2.08. The Morgan fingerprint density at radius 1 is 1.63 bits per heavy atom. The smallest absolute Gasteiger partial charge is 0.237 e. The van der Waals surface area contributed by atoms with Gasteiger partial charge >= 0.3 is 0 Å². The first-order chi connectivity index (χ1) is 8.89. The molecule has 0 aromatic rings. The number of nitrogens with two attached hydrogens (primary N) is 1. The Labute approximate surface area is 116 Å². The van der Waals surface area contributed by atoms with Crippen LogP contribution in [-0.2, 0) is 9.53 Å². The van der Waals surface area contributed by atoms with Crippen LogP contribution in [0.25, 0.3) is 0 Å². The number of likely N-dealkylation sites (N-methyl/N-ethyl adjacent to an activating group) is 2. The van der Waals surface area contributed by atoms with E-state index in [-0.39, 0.29) is 11.9 Å². The van der Waals surface area contributed by atoms with Gasteiger partial charge in [0.25, 0.3) is 0 Å². The summed E-state index contributed by atoms with van der Waals surface area (Å²) in [6.45, 7) is 8.54. The predicted octanol–water partition coefficient (Wildman–Crippen LogP) is 0.729. The number of hydrogen-bond acceptors (Lipinski definition) is 4. The third-order valence-corrected chi connectivity index (χ3v) is 4.08. The van der Waals surface area contributed by atoms with Gasteiger partial charge in [0.15, 0.2) is 0 Å². The Balaban J connectivity index is 2.50. The summed E-state index contributed by atoms with van der Waals surface area (Å²) >= 11 is 0. The van der Waals surface area contributed by atoms with Crippen LogP contribution in [0, 0.1) is 0 Å². The molecule has 0 aliphatic carbocycles. The van der Waals surface area contributed by atoms with E-state index < -0.39 is 5.54 Å². The summed E-state index contributed by atoms with van der Waals surface area (Å²) in [5.74, 6) is -0.285. The lowest BCUT2D eigenvalue weighted by Crippen LogP contribution is -2.56. The number of rotatable bonds is 8. The van der Waals surface area contributed by atoms with E-state index in [9.17, 15) is 4.79 Å². The number of carbonyl (C=O) groups excluding carboxylic acids is 1. The third kappa shape index (κ3) is 4.75. The fourth-order valence-electron chi connectivity index (χ4n) is 2.69. The highest BCUT2D eigenvalue weighted by Crippen LogP contribution is 2.18. The second-order valence-corrected chi connectivity index (χ2v) is 5.85. The van der Waals surface area contributed by atoms with Crippen molar-refractivity contribution in [1.82, 2.24) is 10.2 Å². The molecule has 0 saturated carbocycles. The molecule has 0 radical (unpaired) electrons. The van der Waals surface area contributed by atoms with E-state index in [1.54, 1.807) is 0 Å². The molecule has 3 atom stereocenters. The molecular formula is C14H29N3O2. The fraction of sp³-hybridized carbons (Fsp3) is 0.929. The van der Waals surface area contributed by atoms with Gasteiger partial charge in [-0.05, 0) is 46.7 Å². The van der Waals surface area contributed by atoms with E-state index in [1.807, 2.05) is 13.8 Å². The van der Waals surface area contributed by atoms with Gasteiger partial charge in [0.2, 0.25) is 5.91 Å². The van der Waals surface area contributed by atoms with Crippen LogP contribution in [0.3, 0.4) is 0 Å². The average Bonchev–Trinajstić information content (AvgIpc) is 2.81. The number of amides is 1. The maximum atomic E-state index is 11.6. The van der Waals surface area contributed by atoms with Crippen LogP contribution in [0.2, 0.25) is 0 Å². The van der Waals surface area contributed by atoms with Crippen molar-refractivity contribution >= 4 is 5.91 Å². The number of primary amides is 1. The van der Waals surface area contributed by atoms with Crippen molar-refractivity contribution < 1.29 is 9.53 Å². The first kappa shape index (κ1) is 16.4. The standard InChI is InChI=1S/C14H29N3O2/c1-5-16-14(3,13(15)18)9-11(2)17(4)10-12-7-6-8-19-12/h11-12,16H,5-10H2,1-4H3,(H2,15,18). The molecule has 1 saturated heterocycles. The molecule has 0 spiro atoms. The minimum absolute atomic E-state index is 0.278. The zero-order chi connectivity index (χ0) is 14.5. The molecular weight excluding hydrogens is 242 g/mol. The van der Waals surface area contributed by atoms with Crippen molar-refractivity contribution in [2.45, 2.75) is 57.7 Å². The van der Waals surface area contributed by atoms with Crippen LogP contribution in [0.1, 0.15) is 40.0 Å². The molecule has 1 amide bonds. The van der Waals surface area contributed by atoms with Crippen molar-refractivity contribution in [2.24, 2.45) is 5.73 Å². The summed E-state index contributed by atoms with van der Waals surface area (Å²) in [5.41, 5.74) is 4.88. The van der Waals surface area contributed by atoms with Gasteiger partial charge in [-0.2, -0.15) is 0 Å². The van der Waals surface area contributed by atoms with Gasteiger partial charge in [0, 0.05) is 19.2 Å². The molecule has 1 rings (SSSR count). The lowest BCUT2D eigenvalue weighted by Gasteiger charge is -2.34. The highest BCUT2D eigenvalue weighted by molar-refractivity contribution is 5.84. The molecule has 3 unspecified atom stereocenters. The Kier molecular flexibility index (Phi) is 6.23. The van der Waals surface area contributed by atoms with E-state index >= 15 is 0 Å². The van der Waals surface area contributed by atoms with Crippen LogP contribution in [0.4, 0.5) is 0 Å². The average molecular weight is 271 g/mol. The first-order valence-electron chi connectivity index (χ1n) is 7.26. The van der Waals surface area contributed by atoms with Crippen molar-refractivity contribution in [1.29, 1.82) is 0 Å². The van der Waals surface area contributed by atoms with E-state index in [0.717, 1.165) is 32.5 Å². The summed E-state index contributed by atoms with van der Waals surface area (Å²) in [4.78, 5) is 13.9. The Morgan fingerprint density at radius 3 is 2.79 bits per heavy atom. The van der Waals surface area contributed by atoms with Crippen LogP contribution in [-0.4, -0.2) is 55.2 Å². The van der Waals surface area contributed by atoms with Crippen LogP contribution in [0.5, 0.6) is 0 Å². The van der Waals surface area contributed by atoms with Crippen LogP contribution < -0.4 is 11.1 Å². The summed E-state index contributed by atoms with van der Waals surface area (Å²) in [6, 6.07) is 0.278. The second-order valence-electron chi connectivity index (χ2n) is 5.85. The monoisotopic (exact) mass is 271 g/mol. The normalized spacial score (nSPS) is 24.4. The summed E-state index contributed by atoms with van der Waals surface area (Å²) in [5, 5.41) is 3.21. The van der Waals surface area contributed by atoms with E-state index in [0.29, 0.717) is 12.5 Å². The lowest BCUT2D eigenvalue weighted by atomic mass is 9.92. The van der Waals surface area contributed by atoms with Crippen molar-refractivity contribution in [2.75, 3.05) is 26.7 Å². The number of ether oxygens (including phenoxy) is 1. The number of hydrogen-bond donors (Lipinski definition) is 2. The van der Waals surface area contributed by atoms with Crippen molar-refractivity contribution in [3.8, 4) is 0 Å². The molecule has 3 N–H and O–H groups in total. The SMILES string of the molecule is CCNC(C)(CC(C)N(C)CC1CCCO1)C(N)=O. The molecule has 0 bridgehead atoms. The minimum atomic E-state index is -0.640. The molecule has 5 nitrogen and oxygen atoms in total. The second kappa shape index (κ2) is 7.22. The highest BCUT2D eigenvalue weighted by Gasteiger charge is 2.33. The topological polar surface area (TPSA) is 67.6 Å². The summed E-state index contributed by atoms with van der Waals surface area (Å²) < 4.78 is 5.65. The fourth-order valence-corrected chi connectivity index (χ4v) is 2.69. The van der Waals surface area contributed by atoms with E-state index in [4.69, 9.17) is 10.5 Å². The number of nitrogens with zero attached hydrogens (tertiary/aromatic N) is 1. The minimum Gasteiger partial charge on any atom is -0.377 e. The van der Waals surface area contributed by atoms with E-state index in [1.165, 1.54) is 0 Å². The maximum Gasteiger partial charge on any atom is 0.237 e. The van der Waals surface area contributed by atoms with Gasteiger partial charge in [0.05, 0.1) is 11.6 Å². The van der Waals surface area contributed by atoms with Gasteiger partial charge in [-0.15, -0.1) is 0 Å². The van der Waals surface area contributed by atoms with Crippen LogP contribution in [0.15, 0.2) is 0 Å². The highest BCUT2D eigenvalue weighted by atomic mass is 16.5. The summed E-state index contributed by atoms with van der Waals surface area (Å²) in [6.07, 6.45) is 3.34. The Hall–Kier alpha value is -0.650. The molecule has 1 aliphatic heterocycles. The van der Waals surface area contributed by atoms with Crippen LogP contribution >= 0.6 is 0 Å². The van der Waals surface area contributed by atoms with Crippen molar-refractivity contribution in [3.05, 3.63) is 0 Å². The predicted molar refractivity (Wildman–Crippen MR) is 77.0 cm³/mol. The molecule has 5 heteroatoms. The van der Waals surface area contributed by atoms with Gasteiger partial charge in [-0.3, -0.25) is 4.79 Å². The zero-order valence-corrected chi connectivity index (χ0v) is 12.7. The Bertz CT molecular complexity index is 292. The quantitative estimate of drug-likeness (QED) is 0.683. The third-order valence-electron chi connectivity index (χ3n) is 4.08. The molecule has 112 valence electrons.